The maximum atomic E-state index is 13.5. The molecule has 3 amide bonds. The molecule has 14 heteroatoms. The van der Waals surface area contributed by atoms with Gasteiger partial charge in [0, 0.05) is 47.4 Å². The van der Waals surface area contributed by atoms with Gasteiger partial charge in [0.25, 0.3) is 11.5 Å². The number of aromatic nitrogens is 1. The number of ether oxygens (including phenoxy) is 1. The van der Waals surface area contributed by atoms with Crippen LogP contribution in [-0.2, 0) is 25.7 Å². The second-order valence-electron chi connectivity index (χ2n) is 11.4. The maximum Gasteiger partial charge on any atom is 0.330 e. The number of nitrogens with zero attached hydrogens (tertiary/aromatic N) is 3. The Hall–Kier alpha value is -4.34. The van der Waals surface area contributed by atoms with Crippen molar-refractivity contribution in [3.05, 3.63) is 76.0 Å². The van der Waals surface area contributed by atoms with E-state index in [0.717, 1.165) is 36.1 Å². The van der Waals surface area contributed by atoms with Gasteiger partial charge in [0.1, 0.15) is 24.6 Å². The number of thiophene rings is 1. The molecule has 0 aliphatic carbocycles. The van der Waals surface area contributed by atoms with Crippen molar-refractivity contribution >= 4 is 60.0 Å². The number of esters is 1. The van der Waals surface area contributed by atoms with Crippen LogP contribution in [0.2, 0.25) is 0 Å². The molecular formula is C35H45N6O6PS. The molecule has 0 saturated carbocycles. The molecule has 3 aromatic rings. The number of fused-ring (bicyclic) bond motifs is 3. The molecule has 49 heavy (non-hydrogen) atoms. The number of amides is 3. The van der Waals surface area contributed by atoms with Gasteiger partial charge in [-0.2, -0.15) is 0 Å². The standard InChI is InChI=1S/C32H38N6O6S.C2H2.CH5P/c1-36-17-21-9-7-16-38(18-21)32(36)35-27(39)19-37-15-8-12-25(31(37)43)34-30(42)24(11-4-6-14-28(40)44-2)33-29(41)23-20-45-26-13-5-3-10-22(23)26;2*1-2/h3,5-6,8,10,12-15,20-21,24,32H,4,7,9,11,16-19H2,1-2H3,(H,33,41)(H,34,42)(H,35,39);1-2H;2H2,1H3/b14-6+;;. The molecule has 262 valence electrons. The van der Waals surface area contributed by atoms with Crippen molar-refractivity contribution in [3.8, 4) is 12.8 Å². The number of piperidine rings is 1. The van der Waals surface area contributed by atoms with Crippen LogP contribution in [0.25, 0.3) is 10.1 Å². The molecule has 5 unspecified atom stereocenters. The van der Waals surface area contributed by atoms with Crippen LogP contribution in [0.3, 0.4) is 0 Å². The lowest BCUT2D eigenvalue weighted by atomic mass is 9.95. The number of terminal acetylenes is 1. The smallest absolute Gasteiger partial charge is 0.330 e. The van der Waals surface area contributed by atoms with E-state index in [2.05, 4.69) is 52.6 Å². The van der Waals surface area contributed by atoms with E-state index >= 15 is 0 Å². The van der Waals surface area contributed by atoms with Crippen LogP contribution in [0.5, 0.6) is 0 Å². The van der Waals surface area contributed by atoms with E-state index in [1.54, 1.807) is 17.5 Å². The van der Waals surface area contributed by atoms with E-state index in [1.165, 1.54) is 47.8 Å². The third-order valence-corrected chi connectivity index (χ3v) is 9.13. The highest BCUT2D eigenvalue weighted by atomic mass is 32.1. The zero-order valence-corrected chi connectivity index (χ0v) is 30.1. The lowest BCUT2D eigenvalue weighted by Crippen LogP contribution is -2.65. The van der Waals surface area contributed by atoms with E-state index in [1.807, 2.05) is 38.0 Å². The Morgan fingerprint density at radius 2 is 1.88 bits per heavy atom. The third-order valence-electron chi connectivity index (χ3n) is 8.17. The normalized spacial score (nSPS) is 18.9. The highest BCUT2D eigenvalue weighted by Gasteiger charge is 2.35. The van der Waals surface area contributed by atoms with Crippen molar-refractivity contribution in [1.82, 2.24) is 25.0 Å². The molecule has 1 aromatic carbocycles. The molecule has 0 radical (unpaired) electrons. The van der Waals surface area contributed by atoms with E-state index < -0.39 is 29.4 Å². The molecule has 2 aromatic heterocycles. The molecule has 2 saturated heterocycles. The first kappa shape index (κ1) is 39.1. The fourth-order valence-electron chi connectivity index (χ4n) is 5.95. The number of carbonyl (C=O) groups is 4. The first-order valence-electron chi connectivity index (χ1n) is 15.9. The van der Waals surface area contributed by atoms with Crippen molar-refractivity contribution in [2.24, 2.45) is 5.92 Å². The minimum atomic E-state index is -1.02. The molecule has 5 atom stereocenters. The average Bonchev–Trinajstić information content (AvgIpc) is 3.56. The lowest BCUT2D eigenvalue weighted by Gasteiger charge is -2.48. The van der Waals surface area contributed by atoms with Crippen LogP contribution in [0, 0.1) is 18.8 Å². The van der Waals surface area contributed by atoms with Crippen LogP contribution < -0.4 is 21.5 Å². The number of methoxy groups -OCH3 is 1. The molecule has 2 aliphatic rings. The molecule has 2 bridgehead atoms. The second kappa shape index (κ2) is 19.6. The summed E-state index contributed by atoms with van der Waals surface area (Å²) in [6.07, 6.45) is 14.8. The Morgan fingerprint density at radius 3 is 2.63 bits per heavy atom. The summed E-state index contributed by atoms with van der Waals surface area (Å²) in [5.41, 5.74) is -0.125. The lowest BCUT2D eigenvalue weighted by molar-refractivity contribution is -0.135. The van der Waals surface area contributed by atoms with Gasteiger partial charge in [-0.1, -0.05) is 30.9 Å². The average molecular weight is 709 g/mol. The van der Waals surface area contributed by atoms with Gasteiger partial charge in [-0.3, -0.25) is 29.0 Å². The van der Waals surface area contributed by atoms with Crippen LogP contribution in [0.15, 0.2) is 64.9 Å². The maximum absolute atomic E-state index is 13.5. The Balaban J connectivity index is 0.00000157. The fourth-order valence-corrected chi connectivity index (χ4v) is 6.89. The van der Waals surface area contributed by atoms with Gasteiger partial charge in [-0.05, 0) is 56.8 Å². The molecule has 5 rings (SSSR count). The summed E-state index contributed by atoms with van der Waals surface area (Å²) in [6, 6.07) is 9.49. The largest absolute Gasteiger partial charge is 0.466 e. The van der Waals surface area contributed by atoms with Crippen LogP contribution in [0.4, 0.5) is 5.69 Å². The zero-order chi connectivity index (χ0) is 35.9. The van der Waals surface area contributed by atoms with Crippen molar-refractivity contribution < 1.29 is 23.9 Å². The van der Waals surface area contributed by atoms with Gasteiger partial charge in [0.05, 0.1) is 12.7 Å². The summed E-state index contributed by atoms with van der Waals surface area (Å²) in [6.45, 7) is 4.46. The Morgan fingerprint density at radius 1 is 1.12 bits per heavy atom. The van der Waals surface area contributed by atoms with Crippen molar-refractivity contribution in [2.75, 3.05) is 45.8 Å². The van der Waals surface area contributed by atoms with E-state index in [9.17, 15) is 24.0 Å². The van der Waals surface area contributed by atoms with E-state index in [0.29, 0.717) is 11.5 Å². The van der Waals surface area contributed by atoms with Gasteiger partial charge in [0.15, 0.2) is 0 Å². The molecule has 2 aliphatic heterocycles. The Bertz CT molecular complexity index is 1700. The van der Waals surface area contributed by atoms with Gasteiger partial charge in [-0.15, -0.1) is 33.4 Å². The van der Waals surface area contributed by atoms with Crippen molar-refractivity contribution in [2.45, 2.75) is 44.6 Å². The summed E-state index contributed by atoms with van der Waals surface area (Å²) in [5, 5.41) is 11.0. The summed E-state index contributed by atoms with van der Waals surface area (Å²) in [7, 11) is 5.67. The third kappa shape index (κ3) is 10.6. The van der Waals surface area contributed by atoms with Crippen LogP contribution in [-0.4, -0.2) is 90.8 Å². The number of anilines is 1. The Labute approximate surface area is 293 Å². The molecule has 2 fully saturated rings. The minimum Gasteiger partial charge on any atom is -0.466 e. The Kier molecular flexibility index (Phi) is 15.6. The highest BCUT2D eigenvalue weighted by molar-refractivity contribution is 7.17. The predicted molar refractivity (Wildman–Crippen MR) is 197 cm³/mol. The van der Waals surface area contributed by atoms with Crippen molar-refractivity contribution in [3.63, 3.8) is 0 Å². The summed E-state index contributed by atoms with van der Waals surface area (Å²) in [4.78, 5) is 68.9. The topological polar surface area (TPSA) is 142 Å². The van der Waals surface area contributed by atoms with E-state index in [-0.39, 0.29) is 37.3 Å². The highest BCUT2D eigenvalue weighted by Crippen LogP contribution is 2.26. The summed E-state index contributed by atoms with van der Waals surface area (Å²) >= 11 is 1.43. The van der Waals surface area contributed by atoms with Gasteiger partial charge < -0.3 is 25.3 Å². The second-order valence-corrected chi connectivity index (χ2v) is 12.3. The van der Waals surface area contributed by atoms with Crippen LogP contribution in [0.1, 0.15) is 36.0 Å². The minimum absolute atomic E-state index is 0.0192. The molecule has 3 N–H and O–H groups in total. The number of hydrogen-bond donors (Lipinski definition) is 3. The number of allylic oxidation sites excluding steroid dienone is 1. The SMILES string of the molecule is C#C.COC(=O)/C=C/CCC(NC(=O)c1csc2ccccc12)C(=O)Nc1cccn(CC(=O)NC2N(C)CC3CCCN2C3)c1=O.CP. The predicted octanol–water partition coefficient (Wildman–Crippen LogP) is 3.11. The monoisotopic (exact) mass is 708 g/mol. The van der Waals surface area contributed by atoms with Gasteiger partial charge in [0.2, 0.25) is 11.8 Å². The molecule has 0 spiro atoms. The summed E-state index contributed by atoms with van der Waals surface area (Å²) < 4.78 is 6.80. The number of nitrogens with one attached hydrogen (secondary N) is 3. The number of benzene rings is 1. The van der Waals surface area contributed by atoms with Crippen molar-refractivity contribution in [1.29, 1.82) is 0 Å². The number of carbonyl (C=O) groups excluding carboxylic acids is 4. The molecule has 4 heterocycles. The van der Waals surface area contributed by atoms with Gasteiger partial charge in [-0.25, -0.2) is 4.79 Å². The first-order valence-corrected chi connectivity index (χ1v) is 17.9. The molecular weight excluding hydrogens is 663 g/mol. The first-order chi connectivity index (χ1) is 23.7. The van der Waals surface area contributed by atoms with E-state index in [4.69, 9.17) is 0 Å². The van der Waals surface area contributed by atoms with Crippen LogP contribution >= 0.6 is 20.6 Å². The number of pyridine rings is 1. The molecule has 12 nitrogen and oxygen atoms in total. The number of hydrogen-bond acceptors (Lipinski definition) is 9. The zero-order valence-electron chi connectivity index (χ0n) is 28.1. The fraction of sp³-hybridized carbons (Fsp3) is 0.400. The number of rotatable bonds is 11. The van der Waals surface area contributed by atoms with Gasteiger partial charge >= 0.3 is 5.97 Å². The quantitative estimate of drug-likeness (QED) is 0.120. The summed E-state index contributed by atoms with van der Waals surface area (Å²) in [5.74, 6) is -1.28.